The standard InChI is InChI=1S/C10H12N4O3S/c1-5-4-8-9(12-14-11-8)6(2)10(5)18(16,17)13-7(3)15/h4H,1-3H3,(H,13,15)(H,11,12,14). The summed E-state index contributed by atoms with van der Waals surface area (Å²) in [4.78, 5) is 11.0. The van der Waals surface area contributed by atoms with E-state index >= 15 is 0 Å². The molecular weight excluding hydrogens is 256 g/mol. The van der Waals surface area contributed by atoms with E-state index in [4.69, 9.17) is 0 Å². The molecule has 2 aromatic rings. The molecule has 0 saturated heterocycles. The van der Waals surface area contributed by atoms with E-state index in [2.05, 4.69) is 15.4 Å². The highest BCUT2D eigenvalue weighted by molar-refractivity contribution is 7.90. The Hall–Kier alpha value is -1.96. The number of benzene rings is 1. The van der Waals surface area contributed by atoms with E-state index in [1.165, 1.54) is 0 Å². The lowest BCUT2D eigenvalue weighted by molar-refractivity contribution is -0.117. The van der Waals surface area contributed by atoms with Crippen molar-refractivity contribution in [3.05, 3.63) is 17.2 Å². The molecule has 7 nitrogen and oxygen atoms in total. The Kier molecular flexibility index (Phi) is 2.81. The van der Waals surface area contributed by atoms with Gasteiger partial charge in [-0.1, -0.05) is 0 Å². The van der Waals surface area contributed by atoms with Crippen LogP contribution in [0, 0.1) is 13.8 Å². The largest absolute Gasteiger partial charge is 0.274 e. The van der Waals surface area contributed by atoms with Crippen molar-refractivity contribution in [2.24, 2.45) is 0 Å². The van der Waals surface area contributed by atoms with Crippen molar-refractivity contribution < 1.29 is 13.2 Å². The second kappa shape index (κ2) is 4.05. The van der Waals surface area contributed by atoms with Crippen molar-refractivity contribution in [3.63, 3.8) is 0 Å². The molecular formula is C10H12N4O3S. The maximum atomic E-state index is 12.1. The number of nitrogens with one attached hydrogen (secondary N) is 2. The van der Waals surface area contributed by atoms with Gasteiger partial charge in [0.15, 0.2) is 0 Å². The number of hydrogen-bond acceptors (Lipinski definition) is 5. The SMILES string of the molecule is CC(=O)NS(=O)(=O)c1c(C)cc2n[nH]nc2c1C. The first-order valence-electron chi connectivity index (χ1n) is 5.17. The van der Waals surface area contributed by atoms with E-state index in [1.54, 1.807) is 19.9 Å². The zero-order valence-corrected chi connectivity index (χ0v) is 10.9. The first kappa shape index (κ1) is 12.5. The topological polar surface area (TPSA) is 105 Å². The number of carbonyl (C=O) groups is 1. The molecule has 18 heavy (non-hydrogen) atoms. The summed E-state index contributed by atoms with van der Waals surface area (Å²) in [6.45, 7) is 4.43. The van der Waals surface area contributed by atoms with Gasteiger partial charge in [-0.3, -0.25) is 4.79 Å². The fourth-order valence-electron chi connectivity index (χ4n) is 1.94. The summed E-state index contributed by atoms with van der Waals surface area (Å²) in [5, 5.41) is 10.2. The van der Waals surface area contributed by atoms with Crippen LogP contribution < -0.4 is 4.72 Å². The Balaban J connectivity index is 2.74. The number of rotatable bonds is 2. The molecule has 0 atom stereocenters. The summed E-state index contributed by atoms with van der Waals surface area (Å²) in [6, 6.07) is 1.61. The molecule has 0 unspecified atom stereocenters. The first-order chi connectivity index (χ1) is 8.33. The third-order valence-electron chi connectivity index (χ3n) is 2.53. The maximum absolute atomic E-state index is 12.1. The van der Waals surface area contributed by atoms with Gasteiger partial charge in [-0.05, 0) is 31.0 Å². The number of carbonyl (C=O) groups excluding carboxylic acids is 1. The van der Waals surface area contributed by atoms with Crippen LogP contribution in [0.1, 0.15) is 18.1 Å². The predicted molar refractivity (Wildman–Crippen MR) is 64.4 cm³/mol. The van der Waals surface area contributed by atoms with Crippen LogP contribution in [0.4, 0.5) is 0 Å². The highest BCUT2D eigenvalue weighted by Crippen LogP contribution is 2.25. The summed E-state index contributed by atoms with van der Waals surface area (Å²) < 4.78 is 26.1. The molecule has 0 aliphatic heterocycles. The van der Waals surface area contributed by atoms with Gasteiger partial charge in [-0.2, -0.15) is 15.4 Å². The first-order valence-corrected chi connectivity index (χ1v) is 6.65. The highest BCUT2D eigenvalue weighted by Gasteiger charge is 2.23. The smallest absolute Gasteiger partial charge is 0.264 e. The quantitative estimate of drug-likeness (QED) is 0.820. The van der Waals surface area contributed by atoms with Crippen LogP contribution in [0.25, 0.3) is 11.0 Å². The second-order valence-corrected chi connectivity index (χ2v) is 5.62. The van der Waals surface area contributed by atoms with Gasteiger partial charge in [0.2, 0.25) is 5.91 Å². The van der Waals surface area contributed by atoms with Crippen LogP contribution in [0.2, 0.25) is 0 Å². The van der Waals surface area contributed by atoms with Crippen LogP contribution in [0.15, 0.2) is 11.0 Å². The number of amides is 1. The number of aromatic nitrogens is 3. The molecule has 96 valence electrons. The van der Waals surface area contributed by atoms with Gasteiger partial charge in [0.05, 0.1) is 4.90 Å². The molecule has 1 aromatic heterocycles. The van der Waals surface area contributed by atoms with E-state index in [0.717, 1.165) is 6.92 Å². The Labute approximate surface area is 104 Å². The predicted octanol–water partition coefficient (Wildman–Crippen LogP) is 0.400. The molecule has 0 aliphatic carbocycles. The number of nitrogens with zero attached hydrogens (tertiary/aromatic N) is 2. The minimum atomic E-state index is -3.87. The lowest BCUT2D eigenvalue weighted by Crippen LogP contribution is -2.29. The highest BCUT2D eigenvalue weighted by atomic mass is 32.2. The Morgan fingerprint density at radius 2 is 2.00 bits per heavy atom. The summed E-state index contributed by atoms with van der Waals surface area (Å²) in [5.74, 6) is -0.631. The molecule has 0 spiro atoms. The Morgan fingerprint density at radius 1 is 1.33 bits per heavy atom. The van der Waals surface area contributed by atoms with E-state index in [0.29, 0.717) is 22.2 Å². The normalized spacial score (nSPS) is 11.7. The maximum Gasteiger partial charge on any atom is 0.264 e. The fraction of sp³-hybridized carbons (Fsp3) is 0.300. The Morgan fingerprint density at radius 3 is 2.61 bits per heavy atom. The monoisotopic (exact) mass is 268 g/mol. The Bertz CT molecular complexity index is 733. The van der Waals surface area contributed by atoms with Crippen molar-refractivity contribution in [2.75, 3.05) is 0 Å². The lowest BCUT2D eigenvalue weighted by atomic mass is 10.1. The van der Waals surface area contributed by atoms with Gasteiger partial charge in [0.25, 0.3) is 10.0 Å². The van der Waals surface area contributed by atoms with Crippen LogP contribution in [0.3, 0.4) is 0 Å². The van der Waals surface area contributed by atoms with Crippen molar-refractivity contribution >= 4 is 27.0 Å². The minimum absolute atomic E-state index is 0.0686. The minimum Gasteiger partial charge on any atom is -0.274 e. The van der Waals surface area contributed by atoms with E-state index < -0.39 is 15.9 Å². The van der Waals surface area contributed by atoms with Crippen LogP contribution in [0.5, 0.6) is 0 Å². The average Bonchev–Trinajstić information content (AvgIpc) is 2.62. The zero-order chi connectivity index (χ0) is 13.5. The molecule has 0 radical (unpaired) electrons. The van der Waals surface area contributed by atoms with Crippen LogP contribution in [-0.2, 0) is 14.8 Å². The molecule has 1 aromatic carbocycles. The van der Waals surface area contributed by atoms with Gasteiger partial charge in [-0.15, -0.1) is 0 Å². The second-order valence-electron chi connectivity index (χ2n) is 4.00. The van der Waals surface area contributed by atoms with Gasteiger partial charge >= 0.3 is 0 Å². The number of hydrogen-bond donors (Lipinski definition) is 2. The van der Waals surface area contributed by atoms with Crippen molar-refractivity contribution in [2.45, 2.75) is 25.7 Å². The molecule has 1 amide bonds. The van der Waals surface area contributed by atoms with Crippen molar-refractivity contribution in [3.8, 4) is 0 Å². The van der Waals surface area contributed by atoms with E-state index in [-0.39, 0.29) is 4.90 Å². The van der Waals surface area contributed by atoms with Gasteiger partial charge < -0.3 is 0 Å². The lowest BCUT2D eigenvalue weighted by Gasteiger charge is -2.10. The summed E-state index contributed by atoms with van der Waals surface area (Å²) in [5.41, 5.74) is 2.05. The molecule has 2 rings (SSSR count). The third kappa shape index (κ3) is 1.94. The van der Waals surface area contributed by atoms with Gasteiger partial charge in [0, 0.05) is 6.92 Å². The average molecular weight is 268 g/mol. The van der Waals surface area contributed by atoms with Gasteiger partial charge in [-0.25, -0.2) is 13.1 Å². The molecule has 2 N–H and O–H groups in total. The molecule has 0 fully saturated rings. The molecule has 0 aliphatic rings. The number of H-pyrrole nitrogens is 1. The number of aromatic amines is 1. The fourth-order valence-corrected chi connectivity index (χ4v) is 3.41. The van der Waals surface area contributed by atoms with Crippen LogP contribution >= 0.6 is 0 Å². The summed E-state index contributed by atoms with van der Waals surface area (Å²) in [7, 11) is -3.87. The van der Waals surface area contributed by atoms with Crippen molar-refractivity contribution in [1.29, 1.82) is 0 Å². The van der Waals surface area contributed by atoms with Crippen LogP contribution in [-0.4, -0.2) is 29.7 Å². The molecule has 1 heterocycles. The van der Waals surface area contributed by atoms with Crippen molar-refractivity contribution in [1.82, 2.24) is 20.1 Å². The summed E-state index contributed by atoms with van der Waals surface area (Å²) in [6.07, 6.45) is 0. The zero-order valence-electron chi connectivity index (χ0n) is 10.1. The number of aryl methyl sites for hydroxylation is 2. The van der Waals surface area contributed by atoms with Gasteiger partial charge in [0.1, 0.15) is 11.0 Å². The number of sulfonamides is 1. The molecule has 0 saturated carbocycles. The van der Waals surface area contributed by atoms with E-state index in [1.807, 2.05) is 4.72 Å². The summed E-state index contributed by atoms with van der Waals surface area (Å²) >= 11 is 0. The number of fused-ring (bicyclic) bond motifs is 1. The third-order valence-corrected chi connectivity index (χ3v) is 4.25. The molecule has 0 bridgehead atoms. The molecule has 8 heteroatoms. The van der Waals surface area contributed by atoms with E-state index in [9.17, 15) is 13.2 Å².